The predicted octanol–water partition coefficient (Wildman–Crippen LogP) is 3.24. The van der Waals surface area contributed by atoms with Crippen LogP contribution in [0.3, 0.4) is 0 Å². The maximum Gasteiger partial charge on any atom is 0.194 e. The summed E-state index contributed by atoms with van der Waals surface area (Å²) in [6.45, 7) is 6.50. The van der Waals surface area contributed by atoms with Gasteiger partial charge in [-0.15, -0.1) is 0 Å². The molecule has 1 aliphatic carbocycles. The number of nitrogens with one attached hydrogen (secondary N) is 1. The number of allylic oxidation sites excluding steroid dienone is 4. The van der Waals surface area contributed by atoms with E-state index in [1.165, 1.54) is 26.8 Å². The van der Waals surface area contributed by atoms with Crippen LogP contribution < -0.4 is 14.8 Å². The lowest BCUT2D eigenvalue weighted by Gasteiger charge is -2.29. The quantitative estimate of drug-likeness (QED) is 0.258. The molecule has 2 aliphatic rings. The van der Waals surface area contributed by atoms with E-state index in [1.54, 1.807) is 6.92 Å². The number of para-hydroxylation sites is 1. The van der Waals surface area contributed by atoms with Gasteiger partial charge in [-0.25, -0.2) is 0 Å². The van der Waals surface area contributed by atoms with Crippen LogP contribution in [-0.2, 0) is 15.0 Å². The monoisotopic (exact) mass is 463 g/mol. The summed E-state index contributed by atoms with van der Waals surface area (Å²) in [7, 11) is 0. The predicted molar refractivity (Wildman–Crippen MR) is 123 cm³/mol. The van der Waals surface area contributed by atoms with Gasteiger partial charge in [0.25, 0.3) is 0 Å². The van der Waals surface area contributed by atoms with Gasteiger partial charge in [-0.2, -0.15) is 0 Å². The maximum absolute atomic E-state index is 13.7. The van der Waals surface area contributed by atoms with E-state index in [1.807, 2.05) is 30.3 Å². The van der Waals surface area contributed by atoms with Gasteiger partial charge in [0.05, 0.1) is 11.1 Å². The second-order valence-corrected chi connectivity index (χ2v) is 8.47. The number of hydrogen-bond donors (Lipinski definition) is 3. The first kappa shape index (κ1) is 23.1. The number of carbonyl (C=O) groups is 3. The zero-order valence-electron chi connectivity index (χ0n) is 19.3. The van der Waals surface area contributed by atoms with Crippen LogP contribution in [0.15, 0.2) is 53.4 Å². The van der Waals surface area contributed by atoms with Crippen molar-refractivity contribution in [2.24, 2.45) is 0 Å². The van der Waals surface area contributed by atoms with E-state index >= 15 is 0 Å². The lowest BCUT2D eigenvalue weighted by molar-refractivity contribution is -0.123. The Bertz CT molecular complexity index is 1290. The molecule has 8 heteroatoms. The highest BCUT2D eigenvalue weighted by atomic mass is 16.5. The van der Waals surface area contributed by atoms with Crippen LogP contribution in [0.4, 0.5) is 0 Å². The van der Waals surface area contributed by atoms with E-state index in [2.05, 4.69) is 5.32 Å². The minimum Gasteiger partial charge on any atom is -0.507 e. The van der Waals surface area contributed by atoms with Crippen LogP contribution in [0.25, 0.3) is 0 Å². The van der Waals surface area contributed by atoms with E-state index in [0.29, 0.717) is 24.6 Å². The first-order valence-electron chi connectivity index (χ1n) is 10.8. The molecule has 0 radical (unpaired) electrons. The van der Waals surface area contributed by atoms with Crippen LogP contribution in [0.5, 0.6) is 23.0 Å². The largest absolute Gasteiger partial charge is 0.507 e. The van der Waals surface area contributed by atoms with Crippen LogP contribution in [0.2, 0.25) is 0 Å². The second-order valence-electron chi connectivity index (χ2n) is 8.47. The smallest absolute Gasteiger partial charge is 0.194 e. The molecule has 0 unspecified atom stereocenters. The molecule has 4 rings (SSSR count). The van der Waals surface area contributed by atoms with E-state index in [0.717, 1.165) is 0 Å². The van der Waals surface area contributed by atoms with Crippen molar-refractivity contribution in [1.29, 1.82) is 0 Å². The number of rotatable bonds is 6. The molecule has 1 heterocycles. The van der Waals surface area contributed by atoms with Gasteiger partial charge in [-0.3, -0.25) is 14.4 Å². The van der Waals surface area contributed by atoms with Gasteiger partial charge in [0.2, 0.25) is 0 Å². The maximum atomic E-state index is 13.7. The number of ether oxygens (including phenoxy) is 2. The van der Waals surface area contributed by atoms with Crippen molar-refractivity contribution < 1.29 is 34.1 Å². The number of phenolic OH excluding ortho intramolecular Hbond substituents is 2. The fraction of sp³-hybridized carbons (Fsp3) is 0.269. The molecule has 0 amide bonds. The Morgan fingerprint density at radius 2 is 1.79 bits per heavy atom. The lowest BCUT2D eigenvalue weighted by Crippen LogP contribution is -2.41. The minimum absolute atomic E-state index is 0.00395. The first-order chi connectivity index (χ1) is 16.1. The number of carbonyl (C=O) groups excluding carboxylic acids is 3. The third kappa shape index (κ3) is 3.42. The molecule has 0 saturated carbocycles. The Hall–Kier alpha value is -4.07. The minimum atomic E-state index is -1.53. The van der Waals surface area contributed by atoms with Gasteiger partial charge in [0.15, 0.2) is 17.3 Å². The third-order valence-corrected chi connectivity index (χ3v) is 6.26. The van der Waals surface area contributed by atoms with Crippen molar-refractivity contribution in [3.63, 3.8) is 0 Å². The van der Waals surface area contributed by atoms with Crippen LogP contribution >= 0.6 is 0 Å². The van der Waals surface area contributed by atoms with Crippen LogP contribution in [-0.4, -0.2) is 40.7 Å². The molecule has 0 bridgehead atoms. The summed E-state index contributed by atoms with van der Waals surface area (Å²) >= 11 is 0. The Balaban J connectivity index is 1.69. The normalized spacial score (nSPS) is 20.2. The van der Waals surface area contributed by atoms with Gasteiger partial charge < -0.3 is 25.0 Å². The molecule has 1 atom stereocenters. The molecule has 2 aromatic carbocycles. The number of benzene rings is 2. The number of fused-ring (bicyclic) bond motifs is 3. The van der Waals surface area contributed by atoms with E-state index < -0.39 is 28.5 Å². The molecule has 0 spiro atoms. The fourth-order valence-electron chi connectivity index (χ4n) is 4.37. The number of aromatic hydroxyl groups is 2. The SMILES string of the molecule is CC(=O)c1c(O)c(C)c(O)c2c1OC1=CC(=O)/C(=C(/C)NCCOc3ccccc3)C(=O)[C@@]12C. The van der Waals surface area contributed by atoms with E-state index in [4.69, 9.17) is 9.47 Å². The summed E-state index contributed by atoms with van der Waals surface area (Å²) in [6, 6.07) is 9.25. The average molecular weight is 463 g/mol. The highest BCUT2D eigenvalue weighted by Crippen LogP contribution is 2.57. The molecule has 8 nitrogen and oxygen atoms in total. The number of ketones is 3. The zero-order valence-corrected chi connectivity index (χ0v) is 19.3. The lowest BCUT2D eigenvalue weighted by atomic mass is 9.70. The number of hydrogen-bond acceptors (Lipinski definition) is 8. The molecule has 176 valence electrons. The highest BCUT2D eigenvalue weighted by molar-refractivity contribution is 6.31. The summed E-state index contributed by atoms with van der Waals surface area (Å²) in [6.07, 6.45) is 1.19. The van der Waals surface area contributed by atoms with Gasteiger partial charge >= 0.3 is 0 Å². The topological polar surface area (TPSA) is 122 Å². The second kappa shape index (κ2) is 8.37. The summed E-state index contributed by atoms with van der Waals surface area (Å²) < 4.78 is 11.4. The van der Waals surface area contributed by atoms with Crippen molar-refractivity contribution in [2.75, 3.05) is 13.2 Å². The van der Waals surface area contributed by atoms with E-state index in [9.17, 15) is 24.6 Å². The summed E-state index contributed by atoms with van der Waals surface area (Å²) in [4.78, 5) is 38.8. The highest BCUT2D eigenvalue weighted by Gasteiger charge is 2.56. The van der Waals surface area contributed by atoms with Gasteiger partial charge in [-0.1, -0.05) is 18.2 Å². The van der Waals surface area contributed by atoms with Crippen molar-refractivity contribution in [3.05, 3.63) is 70.1 Å². The number of phenols is 2. The molecule has 0 aromatic heterocycles. The van der Waals surface area contributed by atoms with Crippen molar-refractivity contribution in [1.82, 2.24) is 5.32 Å². The molecular formula is C26H25NO7. The Morgan fingerprint density at radius 3 is 2.44 bits per heavy atom. The van der Waals surface area contributed by atoms with Crippen molar-refractivity contribution >= 4 is 17.3 Å². The van der Waals surface area contributed by atoms with E-state index in [-0.39, 0.29) is 39.5 Å². The Labute approximate surface area is 196 Å². The van der Waals surface area contributed by atoms with Crippen LogP contribution in [0.1, 0.15) is 42.3 Å². The average Bonchev–Trinajstić information content (AvgIpc) is 3.09. The molecule has 1 aliphatic heterocycles. The van der Waals surface area contributed by atoms with Gasteiger partial charge in [-0.05, 0) is 39.8 Å². The molecule has 0 saturated heterocycles. The molecular weight excluding hydrogens is 438 g/mol. The number of Topliss-reactive ketones (excluding diaryl/α,β-unsaturated/α-hetero) is 2. The van der Waals surface area contributed by atoms with Gasteiger partial charge in [0.1, 0.15) is 46.3 Å². The molecule has 34 heavy (non-hydrogen) atoms. The van der Waals surface area contributed by atoms with Gasteiger partial charge in [0, 0.05) is 23.9 Å². The molecule has 2 aromatic rings. The zero-order chi connectivity index (χ0) is 24.8. The summed E-state index contributed by atoms with van der Waals surface area (Å²) in [5.74, 6) is -1.79. The Morgan fingerprint density at radius 1 is 1.12 bits per heavy atom. The summed E-state index contributed by atoms with van der Waals surface area (Å²) in [5, 5.41) is 24.3. The third-order valence-electron chi connectivity index (χ3n) is 6.26. The molecule has 0 fully saturated rings. The summed E-state index contributed by atoms with van der Waals surface area (Å²) in [5.41, 5.74) is -1.27. The standard InChI is InChI=1S/C26H25NO7/c1-13-22(30)20(15(3)28)24-21(23(13)31)26(4)18(34-24)12-17(29)19(25(26)32)14(2)27-10-11-33-16-8-6-5-7-9-16/h5-9,12,27,30-31H,10-11H2,1-4H3/b19-14+/t26-/m0/s1. The van der Waals surface area contributed by atoms with Crippen molar-refractivity contribution in [2.45, 2.75) is 33.1 Å². The fourth-order valence-corrected chi connectivity index (χ4v) is 4.37. The Kier molecular flexibility index (Phi) is 5.69. The molecule has 3 N–H and O–H groups in total. The first-order valence-corrected chi connectivity index (χ1v) is 10.8. The van der Waals surface area contributed by atoms with Crippen LogP contribution in [0, 0.1) is 6.92 Å². The van der Waals surface area contributed by atoms with Crippen molar-refractivity contribution in [3.8, 4) is 23.0 Å².